The maximum absolute atomic E-state index is 12.9. The highest BCUT2D eigenvalue weighted by Gasteiger charge is 2.28. The Kier molecular flexibility index (Phi) is 7.93. The summed E-state index contributed by atoms with van der Waals surface area (Å²) < 4.78 is 10.5. The van der Waals surface area contributed by atoms with Gasteiger partial charge in [0, 0.05) is 30.3 Å². The molecule has 0 aromatic heterocycles. The van der Waals surface area contributed by atoms with Crippen LogP contribution in [0.2, 0.25) is 0 Å². The predicted octanol–water partition coefficient (Wildman–Crippen LogP) is 4.54. The number of aryl methyl sites for hydroxylation is 1. The highest BCUT2D eigenvalue weighted by atomic mass is 16.5. The number of hydrogen-bond acceptors (Lipinski definition) is 4. The number of benzene rings is 2. The molecule has 166 valence electrons. The van der Waals surface area contributed by atoms with Crippen LogP contribution >= 0.6 is 0 Å². The Morgan fingerprint density at radius 3 is 2.29 bits per heavy atom. The number of carbonyl (C=O) groups is 2. The number of unbranched alkanes of at least 4 members (excludes halogenated alkanes) is 1. The minimum absolute atomic E-state index is 0.0273. The zero-order valence-electron chi connectivity index (χ0n) is 18.6. The van der Waals surface area contributed by atoms with E-state index in [1.807, 2.05) is 12.1 Å². The number of nitrogens with one attached hydrogen (secondary N) is 1. The second-order valence-corrected chi connectivity index (χ2v) is 7.93. The van der Waals surface area contributed by atoms with Crippen LogP contribution < -0.4 is 14.8 Å². The summed E-state index contributed by atoms with van der Waals surface area (Å²) in [5, 5.41) is 3.03. The zero-order valence-corrected chi connectivity index (χ0v) is 18.6. The first-order valence-electron chi connectivity index (χ1n) is 11.0. The van der Waals surface area contributed by atoms with Gasteiger partial charge in [-0.25, -0.2) is 0 Å². The zero-order chi connectivity index (χ0) is 22.2. The third-order valence-electron chi connectivity index (χ3n) is 5.82. The van der Waals surface area contributed by atoms with Gasteiger partial charge in [-0.3, -0.25) is 9.59 Å². The third-order valence-corrected chi connectivity index (χ3v) is 5.82. The molecule has 1 fully saturated rings. The lowest BCUT2D eigenvalue weighted by Gasteiger charge is -2.31. The molecule has 0 radical (unpaired) electrons. The first-order chi connectivity index (χ1) is 15.0. The predicted molar refractivity (Wildman–Crippen MR) is 122 cm³/mol. The van der Waals surface area contributed by atoms with Gasteiger partial charge in [0.1, 0.15) is 0 Å². The molecular weight excluding hydrogens is 392 g/mol. The molecule has 1 heterocycles. The quantitative estimate of drug-likeness (QED) is 0.676. The fourth-order valence-electron chi connectivity index (χ4n) is 3.88. The topological polar surface area (TPSA) is 67.9 Å². The van der Waals surface area contributed by atoms with Gasteiger partial charge in [0.15, 0.2) is 11.5 Å². The lowest BCUT2D eigenvalue weighted by atomic mass is 9.95. The van der Waals surface area contributed by atoms with Crippen LogP contribution in [0, 0.1) is 5.92 Å². The molecular formula is C25H32N2O4. The summed E-state index contributed by atoms with van der Waals surface area (Å²) in [5.74, 6) is 1.01. The van der Waals surface area contributed by atoms with Gasteiger partial charge in [0.05, 0.1) is 14.2 Å². The maximum Gasteiger partial charge on any atom is 0.253 e. The number of nitrogens with zero attached hydrogens (tertiary/aromatic N) is 1. The smallest absolute Gasteiger partial charge is 0.253 e. The van der Waals surface area contributed by atoms with Crippen LogP contribution in [0.15, 0.2) is 42.5 Å². The monoisotopic (exact) mass is 424 g/mol. The van der Waals surface area contributed by atoms with Crippen LogP contribution in [0.3, 0.4) is 0 Å². The molecule has 0 aliphatic carbocycles. The molecule has 0 atom stereocenters. The number of rotatable bonds is 8. The SMILES string of the molecule is CCCCc1ccc(NC(=O)C2CCN(C(=O)c3ccc(OC)c(OC)c3)CC2)cc1. The van der Waals surface area contributed by atoms with E-state index in [0.29, 0.717) is 43.0 Å². The van der Waals surface area contributed by atoms with Crippen LogP contribution in [0.4, 0.5) is 5.69 Å². The van der Waals surface area contributed by atoms with Gasteiger partial charge in [-0.1, -0.05) is 25.5 Å². The molecule has 1 N–H and O–H groups in total. The van der Waals surface area contributed by atoms with E-state index >= 15 is 0 Å². The van der Waals surface area contributed by atoms with Gasteiger partial charge in [-0.2, -0.15) is 0 Å². The van der Waals surface area contributed by atoms with Crippen molar-refractivity contribution in [3.8, 4) is 11.5 Å². The highest BCUT2D eigenvalue weighted by molar-refractivity contribution is 5.96. The van der Waals surface area contributed by atoms with E-state index in [1.165, 1.54) is 18.4 Å². The number of anilines is 1. The van der Waals surface area contributed by atoms with Crippen molar-refractivity contribution in [3.63, 3.8) is 0 Å². The molecule has 31 heavy (non-hydrogen) atoms. The standard InChI is InChI=1S/C25H32N2O4/c1-4-5-6-18-7-10-21(11-8-18)26-24(28)19-13-15-27(16-14-19)25(29)20-9-12-22(30-2)23(17-20)31-3/h7-12,17,19H,4-6,13-16H2,1-3H3,(H,26,28). The number of methoxy groups -OCH3 is 2. The second kappa shape index (κ2) is 10.8. The Morgan fingerprint density at radius 1 is 1.00 bits per heavy atom. The molecule has 3 rings (SSSR count). The van der Waals surface area contributed by atoms with Crippen LogP contribution in [-0.2, 0) is 11.2 Å². The van der Waals surface area contributed by atoms with E-state index in [-0.39, 0.29) is 17.7 Å². The summed E-state index contributed by atoms with van der Waals surface area (Å²) in [6.45, 7) is 3.30. The van der Waals surface area contributed by atoms with Crippen molar-refractivity contribution in [1.82, 2.24) is 4.90 Å². The van der Waals surface area contributed by atoms with Crippen molar-refractivity contribution in [2.24, 2.45) is 5.92 Å². The minimum atomic E-state index is -0.0887. The van der Waals surface area contributed by atoms with Crippen molar-refractivity contribution in [2.45, 2.75) is 39.0 Å². The largest absolute Gasteiger partial charge is 0.493 e. The molecule has 1 aliphatic heterocycles. The molecule has 6 nitrogen and oxygen atoms in total. The summed E-state index contributed by atoms with van der Waals surface area (Å²) in [4.78, 5) is 27.4. The van der Waals surface area contributed by atoms with Gasteiger partial charge in [-0.15, -0.1) is 0 Å². The molecule has 0 bridgehead atoms. The molecule has 2 amide bonds. The highest BCUT2D eigenvalue weighted by Crippen LogP contribution is 2.29. The number of ether oxygens (including phenoxy) is 2. The summed E-state index contributed by atoms with van der Waals surface area (Å²) in [5.41, 5.74) is 2.68. The fourth-order valence-corrected chi connectivity index (χ4v) is 3.88. The van der Waals surface area contributed by atoms with E-state index in [2.05, 4.69) is 24.4 Å². The van der Waals surface area contributed by atoms with E-state index in [0.717, 1.165) is 12.1 Å². The number of hydrogen-bond donors (Lipinski definition) is 1. The van der Waals surface area contributed by atoms with E-state index in [4.69, 9.17) is 9.47 Å². The lowest BCUT2D eigenvalue weighted by Crippen LogP contribution is -2.41. The van der Waals surface area contributed by atoms with E-state index in [1.54, 1.807) is 37.3 Å². The minimum Gasteiger partial charge on any atom is -0.493 e. The van der Waals surface area contributed by atoms with Gasteiger partial charge in [0.25, 0.3) is 5.91 Å². The van der Waals surface area contributed by atoms with Crippen LogP contribution in [0.5, 0.6) is 11.5 Å². The van der Waals surface area contributed by atoms with E-state index < -0.39 is 0 Å². The summed E-state index contributed by atoms with van der Waals surface area (Å²) in [6.07, 6.45) is 4.72. The van der Waals surface area contributed by atoms with Gasteiger partial charge >= 0.3 is 0 Å². The second-order valence-electron chi connectivity index (χ2n) is 7.93. The van der Waals surface area contributed by atoms with Crippen LogP contribution in [-0.4, -0.2) is 44.0 Å². The summed E-state index contributed by atoms with van der Waals surface area (Å²) in [6, 6.07) is 13.3. The molecule has 6 heteroatoms. The van der Waals surface area contributed by atoms with Gasteiger partial charge in [-0.05, 0) is 61.6 Å². The molecule has 0 unspecified atom stereocenters. The van der Waals surface area contributed by atoms with Crippen molar-refractivity contribution in [2.75, 3.05) is 32.6 Å². The Morgan fingerprint density at radius 2 is 1.68 bits per heavy atom. The van der Waals surface area contributed by atoms with Crippen molar-refractivity contribution >= 4 is 17.5 Å². The molecule has 2 aromatic carbocycles. The Hall–Kier alpha value is -3.02. The maximum atomic E-state index is 12.9. The van der Waals surface area contributed by atoms with Crippen molar-refractivity contribution < 1.29 is 19.1 Å². The number of piperidine rings is 1. The normalized spacial score (nSPS) is 14.2. The number of likely N-dealkylation sites (tertiary alicyclic amines) is 1. The number of carbonyl (C=O) groups excluding carboxylic acids is 2. The summed E-state index contributed by atoms with van der Waals surface area (Å²) in [7, 11) is 3.12. The molecule has 1 aliphatic rings. The van der Waals surface area contributed by atoms with Crippen molar-refractivity contribution in [3.05, 3.63) is 53.6 Å². The first kappa shape index (κ1) is 22.7. The van der Waals surface area contributed by atoms with Crippen LogP contribution in [0.25, 0.3) is 0 Å². The molecule has 2 aromatic rings. The first-order valence-corrected chi connectivity index (χ1v) is 11.0. The Balaban J connectivity index is 1.53. The Bertz CT molecular complexity index is 887. The number of amides is 2. The average Bonchev–Trinajstić information content (AvgIpc) is 2.82. The summed E-state index contributed by atoms with van der Waals surface area (Å²) >= 11 is 0. The third kappa shape index (κ3) is 5.78. The van der Waals surface area contributed by atoms with Gasteiger partial charge in [0.2, 0.25) is 5.91 Å². The molecule has 0 spiro atoms. The van der Waals surface area contributed by atoms with E-state index in [9.17, 15) is 9.59 Å². The van der Waals surface area contributed by atoms with Gasteiger partial charge < -0.3 is 19.7 Å². The van der Waals surface area contributed by atoms with Crippen LogP contribution in [0.1, 0.15) is 48.5 Å². The molecule has 0 saturated carbocycles. The fraction of sp³-hybridized carbons (Fsp3) is 0.440. The average molecular weight is 425 g/mol. The van der Waals surface area contributed by atoms with Crippen molar-refractivity contribution in [1.29, 1.82) is 0 Å². The Labute approximate surface area is 184 Å². The lowest BCUT2D eigenvalue weighted by molar-refractivity contribution is -0.121. The molecule has 1 saturated heterocycles.